The van der Waals surface area contributed by atoms with Gasteiger partial charge < -0.3 is 19.8 Å². The van der Waals surface area contributed by atoms with Crippen LogP contribution in [-0.2, 0) is 27.6 Å². The smallest absolute Gasteiger partial charge is 0.543 e. The summed E-state index contributed by atoms with van der Waals surface area (Å²) < 4.78 is 39.1. The van der Waals surface area contributed by atoms with Crippen molar-refractivity contribution in [3.63, 3.8) is 0 Å². The maximum absolute atomic E-state index is 12.8. The van der Waals surface area contributed by atoms with E-state index in [0.717, 1.165) is 28.3 Å². The first-order chi connectivity index (χ1) is 13.0. The maximum atomic E-state index is 12.8. The van der Waals surface area contributed by atoms with Gasteiger partial charge in [0.05, 0.1) is 34.4 Å². The fraction of sp³-hybridized carbons (Fsp3) is 0.500. The predicted octanol–water partition coefficient (Wildman–Crippen LogP) is -3.30. The Kier molecular flexibility index (Phi) is 7.36. The van der Waals surface area contributed by atoms with E-state index in [-0.39, 0.29) is 69.6 Å². The summed E-state index contributed by atoms with van der Waals surface area (Å²) in [4.78, 5) is 36.6. The second kappa shape index (κ2) is 8.88. The number of β-lactam (4-membered cyclic amide) rings is 1. The minimum atomic E-state index is -4.68. The molecule has 1 N–H and O–H groups in total. The molecule has 3 heterocycles. The van der Waals surface area contributed by atoms with E-state index in [2.05, 4.69) is 15.5 Å². The molecule has 2 aliphatic heterocycles. The number of hydrogen-bond acceptors (Lipinski definition) is 8. The van der Waals surface area contributed by atoms with E-state index in [1.807, 2.05) is 0 Å². The first-order valence-corrected chi connectivity index (χ1v) is 9.75. The van der Waals surface area contributed by atoms with Crippen molar-refractivity contribution in [1.82, 2.24) is 25.0 Å². The van der Waals surface area contributed by atoms with Crippen LogP contribution in [0.2, 0.25) is 0 Å². The second-order valence-electron chi connectivity index (χ2n) is 5.96. The van der Waals surface area contributed by atoms with Crippen molar-refractivity contribution in [2.75, 3.05) is 5.75 Å². The molecule has 15 heteroatoms. The number of carbonyl (C=O) groups excluding carboxylic acids is 3. The van der Waals surface area contributed by atoms with E-state index in [4.69, 9.17) is 0 Å². The first kappa shape index (κ1) is 24.1. The number of fused-ring (bicyclic) bond motifs is 1. The second-order valence-corrected chi connectivity index (χ2v) is 8.43. The molecule has 0 spiro atoms. The molecule has 0 radical (unpaired) electrons. The Hall–Kier alpha value is -1.22. The Bertz CT molecular complexity index is 891. The zero-order valence-electron chi connectivity index (χ0n) is 15.4. The van der Waals surface area contributed by atoms with Crippen molar-refractivity contribution >= 4 is 41.3 Å². The molecule has 3 rings (SSSR count). The molecular weight excluding hydrogens is 446 g/mol. The summed E-state index contributed by atoms with van der Waals surface area (Å²) in [6, 6.07) is 0. The zero-order valence-corrected chi connectivity index (χ0v) is 19.1. The van der Waals surface area contributed by atoms with Crippen LogP contribution >= 0.6 is 23.5 Å². The standard InChI is InChI=1S/C14H14F3N5O4S2.Na/c1-5(28-13-20-19-12(21(13)2)14(15,16)17)10(24)18-6-4-27-8-3-7(23)22(8)9(6)11(25)26;/h5,8H,3-4H2,1-2H3,(H,18,24)(H,25,26);/q;+1/p-1/t5-,8?;/m0./s1. The Morgan fingerprint density at radius 1 is 1.38 bits per heavy atom. The third kappa shape index (κ3) is 4.76. The number of rotatable bonds is 5. The number of amides is 2. The minimum absolute atomic E-state index is 0. The van der Waals surface area contributed by atoms with Gasteiger partial charge in [-0.2, -0.15) is 13.2 Å². The number of carbonyl (C=O) groups is 3. The molecule has 2 atom stereocenters. The SMILES string of the molecule is C[C@H](Sc1nnc(C(F)(F)F)n1C)C(=O)NC1=C(C(=O)[O-])N2C(=O)CC2SC1.[Na+]. The van der Waals surface area contributed by atoms with Crippen LogP contribution in [0.5, 0.6) is 0 Å². The van der Waals surface area contributed by atoms with Crippen LogP contribution in [0.1, 0.15) is 19.2 Å². The van der Waals surface area contributed by atoms with Crippen LogP contribution in [-0.4, -0.2) is 53.8 Å². The molecule has 152 valence electrons. The normalized spacial score (nSPS) is 19.8. The van der Waals surface area contributed by atoms with Crippen molar-refractivity contribution in [2.45, 2.75) is 35.3 Å². The molecule has 29 heavy (non-hydrogen) atoms. The molecule has 0 aliphatic carbocycles. The molecule has 9 nitrogen and oxygen atoms in total. The molecule has 1 aromatic heterocycles. The number of carboxylic acids is 1. The van der Waals surface area contributed by atoms with E-state index in [1.54, 1.807) is 0 Å². The van der Waals surface area contributed by atoms with Crippen LogP contribution < -0.4 is 40.0 Å². The summed E-state index contributed by atoms with van der Waals surface area (Å²) in [5, 5.41) is 19.0. The van der Waals surface area contributed by atoms with E-state index >= 15 is 0 Å². The van der Waals surface area contributed by atoms with Crippen molar-refractivity contribution in [2.24, 2.45) is 7.05 Å². The summed E-state index contributed by atoms with van der Waals surface area (Å²) in [5.41, 5.74) is -0.371. The Labute approximate surface area is 193 Å². The van der Waals surface area contributed by atoms with Gasteiger partial charge >= 0.3 is 35.7 Å². The van der Waals surface area contributed by atoms with Crippen LogP contribution in [0.3, 0.4) is 0 Å². The van der Waals surface area contributed by atoms with Gasteiger partial charge in [0.1, 0.15) is 0 Å². The number of alkyl halides is 3. The quantitative estimate of drug-likeness (QED) is 0.276. The molecule has 1 unspecified atom stereocenters. The van der Waals surface area contributed by atoms with Crippen LogP contribution in [0.15, 0.2) is 16.6 Å². The molecule has 2 amide bonds. The van der Waals surface area contributed by atoms with Gasteiger partial charge in [0.25, 0.3) is 0 Å². The molecule has 2 aliphatic rings. The van der Waals surface area contributed by atoms with Gasteiger partial charge in [-0.15, -0.1) is 22.0 Å². The molecule has 0 aromatic carbocycles. The molecule has 1 fully saturated rings. The van der Waals surface area contributed by atoms with Crippen molar-refractivity contribution < 1.29 is 62.2 Å². The summed E-state index contributed by atoms with van der Waals surface area (Å²) in [6.45, 7) is 1.43. The van der Waals surface area contributed by atoms with Crippen LogP contribution in [0.4, 0.5) is 13.2 Å². The molecule has 1 aromatic rings. The van der Waals surface area contributed by atoms with E-state index in [1.165, 1.54) is 18.7 Å². The Morgan fingerprint density at radius 3 is 2.55 bits per heavy atom. The number of carboxylic acid groups (broad SMARTS) is 1. The topological polar surface area (TPSA) is 120 Å². The average Bonchev–Trinajstić information content (AvgIpc) is 2.95. The van der Waals surface area contributed by atoms with Crippen molar-refractivity contribution in [3.8, 4) is 0 Å². The first-order valence-electron chi connectivity index (χ1n) is 7.83. The van der Waals surface area contributed by atoms with Crippen LogP contribution in [0, 0.1) is 0 Å². The Morgan fingerprint density at radius 2 is 2.03 bits per heavy atom. The maximum Gasteiger partial charge on any atom is 1.00 e. The van der Waals surface area contributed by atoms with Gasteiger partial charge in [-0.1, -0.05) is 11.8 Å². The average molecular weight is 459 g/mol. The molecule has 1 saturated heterocycles. The Balaban J connectivity index is 0.00000300. The zero-order chi connectivity index (χ0) is 20.8. The fourth-order valence-electron chi connectivity index (χ4n) is 2.63. The largest absolute Gasteiger partial charge is 1.00 e. The summed E-state index contributed by atoms with van der Waals surface area (Å²) in [7, 11) is 1.12. The number of aromatic nitrogens is 3. The van der Waals surface area contributed by atoms with Gasteiger partial charge in [-0.3, -0.25) is 14.5 Å². The predicted molar refractivity (Wildman–Crippen MR) is 89.2 cm³/mol. The van der Waals surface area contributed by atoms with Gasteiger partial charge in [0.2, 0.25) is 17.6 Å². The summed E-state index contributed by atoms with van der Waals surface area (Å²) >= 11 is 2.03. The van der Waals surface area contributed by atoms with Gasteiger partial charge in [-0.05, 0) is 6.92 Å². The number of halogens is 3. The minimum Gasteiger partial charge on any atom is -0.543 e. The van der Waals surface area contributed by atoms with Gasteiger partial charge in [0, 0.05) is 12.8 Å². The number of aliphatic carboxylic acids is 1. The van der Waals surface area contributed by atoms with E-state index < -0.39 is 29.1 Å². The van der Waals surface area contributed by atoms with Crippen LogP contribution in [0.25, 0.3) is 0 Å². The van der Waals surface area contributed by atoms with Gasteiger partial charge in [-0.25, -0.2) is 0 Å². The molecule has 0 saturated carbocycles. The number of hydrogen-bond donors (Lipinski definition) is 1. The monoisotopic (exact) mass is 459 g/mol. The van der Waals surface area contributed by atoms with E-state index in [9.17, 15) is 32.7 Å². The van der Waals surface area contributed by atoms with Crippen molar-refractivity contribution in [3.05, 3.63) is 17.2 Å². The molecule has 0 bridgehead atoms. The number of nitrogens with zero attached hydrogens (tertiary/aromatic N) is 4. The number of thioether (sulfide) groups is 2. The fourth-order valence-corrected chi connectivity index (χ4v) is 4.64. The van der Waals surface area contributed by atoms with Gasteiger partial charge in [0.15, 0.2) is 5.16 Å². The third-order valence-corrected chi connectivity index (χ3v) is 6.41. The van der Waals surface area contributed by atoms with E-state index in [0.29, 0.717) is 0 Å². The number of nitrogens with one attached hydrogen (secondary N) is 1. The summed E-state index contributed by atoms with van der Waals surface area (Å²) in [5.74, 6) is -3.66. The third-order valence-electron chi connectivity index (χ3n) is 4.06. The summed E-state index contributed by atoms with van der Waals surface area (Å²) in [6.07, 6.45) is -4.47. The van der Waals surface area contributed by atoms with Crippen molar-refractivity contribution in [1.29, 1.82) is 0 Å². The molecular formula is C14H13F3N5NaO4S2.